The van der Waals surface area contributed by atoms with Gasteiger partial charge in [0.15, 0.2) is 0 Å². The summed E-state index contributed by atoms with van der Waals surface area (Å²) >= 11 is 18.9. The van der Waals surface area contributed by atoms with Crippen LogP contribution in [0.4, 0.5) is 0 Å². The van der Waals surface area contributed by atoms with Crippen LogP contribution in [-0.4, -0.2) is 6.26 Å². The zero-order chi connectivity index (χ0) is 11.6. The van der Waals surface area contributed by atoms with E-state index < -0.39 is 0 Å². The highest BCUT2D eigenvalue weighted by Gasteiger charge is 2.20. The van der Waals surface area contributed by atoms with E-state index in [1.807, 2.05) is 12.1 Å². The lowest BCUT2D eigenvalue weighted by molar-refractivity contribution is 1.35. The van der Waals surface area contributed by atoms with E-state index in [0.29, 0.717) is 4.90 Å². The van der Waals surface area contributed by atoms with Gasteiger partial charge in [-0.1, -0.05) is 34.8 Å². The second-order valence-electron chi connectivity index (χ2n) is 2.45. The standard InChI is InChI=1S/C9H3Cl3N2S/c1-15-9-5(3-14)6(10)4(2-13)7(11)8(9)12/h1H3. The Kier molecular flexibility index (Phi) is 4.13. The van der Waals surface area contributed by atoms with Crippen molar-refractivity contribution in [1.29, 1.82) is 10.5 Å². The molecule has 0 saturated carbocycles. The van der Waals surface area contributed by atoms with Gasteiger partial charge in [-0.25, -0.2) is 0 Å². The maximum Gasteiger partial charge on any atom is 0.102 e. The van der Waals surface area contributed by atoms with E-state index in [0.717, 1.165) is 0 Å². The topological polar surface area (TPSA) is 47.6 Å². The Morgan fingerprint density at radius 2 is 1.47 bits per heavy atom. The van der Waals surface area contributed by atoms with E-state index in [1.54, 1.807) is 6.26 Å². The first kappa shape index (κ1) is 12.5. The Morgan fingerprint density at radius 3 is 1.87 bits per heavy atom. The summed E-state index contributed by atoms with van der Waals surface area (Å²) in [5.41, 5.74) is 0.229. The van der Waals surface area contributed by atoms with Crippen molar-refractivity contribution in [1.82, 2.24) is 0 Å². The third-order valence-corrected chi connectivity index (χ3v) is 3.86. The fourth-order valence-electron chi connectivity index (χ4n) is 1.03. The predicted molar refractivity (Wildman–Crippen MR) is 62.7 cm³/mol. The molecule has 1 rings (SSSR count). The normalized spacial score (nSPS) is 9.47. The molecule has 0 unspecified atom stereocenters. The number of halogens is 3. The van der Waals surface area contributed by atoms with E-state index >= 15 is 0 Å². The molecule has 0 spiro atoms. The zero-order valence-electron chi connectivity index (χ0n) is 7.44. The van der Waals surface area contributed by atoms with E-state index in [4.69, 9.17) is 45.3 Å². The highest BCUT2D eigenvalue weighted by atomic mass is 35.5. The molecular weight excluding hydrogens is 275 g/mol. The van der Waals surface area contributed by atoms with Gasteiger partial charge in [0.05, 0.1) is 26.2 Å². The molecule has 0 saturated heterocycles. The fraction of sp³-hybridized carbons (Fsp3) is 0.111. The summed E-state index contributed by atoms with van der Waals surface area (Å²) in [5.74, 6) is 0. The third-order valence-electron chi connectivity index (χ3n) is 1.71. The summed E-state index contributed by atoms with van der Waals surface area (Å²) in [6.45, 7) is 0. The molecule has 0 amide bonds. The van der Waals surface area contributed by atoms with Gasteiger partial charge in [-0.3, -0.25) is 0 Å². The average molecular weight is 278 g/mol. The molecular formula is C9H3Cl3N2S. The van der Waals surface area contributed by atoms with Crippen LogP contribution in [0.3, 0.4) is 0 Å². The molecule has 1 aromatic rings. The Morgan fingerprint density at radius 1 is 0.933 bits per heavy atom. The second-order valence-corrected chi connectivity index (χ2v) is 4.40. The third kappa shape index (κ3) is 2.02. The summed E-state index contributed by atoms with van der Waals surface area (Å²) in [4.78, 5) is 0.494. The van der Waals surface area contributed by atoms with Crippen molar-refractivity contribution in [2.45, 2.75) is 4.90 Å². The van der Waals surface area contributed by atoms with Gasteiger partial charge in [-0.05, 0) is 6.26 Å². The van der Waals surface area contributed by atoms with Crippen LogP contribution in [0.25, 0.3) is 0 Å². The van der Waals surface area contributed by atoms with Crippen LogP contribution in [0, 0.1) is 22.7 Å². The van der Waals surface area contributed by atoms with Crippen LogP contribution >= 0.6 is 46.6 Å². The number of nitrogens with zero attached hydrogens (tertiary/aromatic N) is 2. The second kappa shape index (κ2) is 4.96. The molecule has 0 aliphatic rings. The molecule has 0 atom stereocenters. The summed E-state index contributed by atoms with van der Waals surface area (Å²) in [6.07, 6.45) is 1.75. The Bertz CT molecular complexity index is 496. The van der Waals surface area contributed by atoms with Gasteiger partial charge >= 0.3 is 0 Å². The SMILES string of the molecule is CSc1c(Cl)c(Cl)c(C#N)c(Cl)c1C#N. The lowest BCUT2D eigenvalue weighted by Crippen LogP contribution is -1.91. The van der Waals surface area contributed by atoms with Crippen molar-refractivity contribution >= 4 is 46.6 Å². The van der Waals surface area contributed by atoms with Gasteiger partial charge in [0.1, 0.15) is 12.1 Å². The van der Waals surface area contributed by atoms with Crippen molar-refractivity contribution in [3.63, 3.8) is 0 Å². The minimum Gasteiger partial charge on any atom is -0.192 e. The molecule has 0 aliphatic carbocycles. The number of benzene rings is 1. The van der Waals surface area contributed by atoms with Crippen molar-refractivity contribution in [3.05, 3.63) is 26.2 Å². The molecule has 0 fully saturated rings. The molecule has 0 N–H and O–H groups in total. The Labute approximate surface area is 106 Å². The summed E-state index contributed by atoms with van der Waals surface area (Å²) < 4.78 is 0. The molecule has 76 valence electrons. The van der Waals surface area contributed by atoms with Crippen LogP contribution in [0.2, 0.25) is 15.1 Å². The number of thioether (sulfide) groups is 1. The van der Waals surface area contributed by atoms with Crippen molar-refractivity contribution in [2.75, 3.05) is 6.26 Å². The van der Waals surface area contributed by atoms with Gasteiger partial charge in [0.25, 0.3) is 0 Å². The molecule has 0 radical (unpaired) electrons. The predicted octanol–water partition coefficient (Wildman–Crippen LogP) is 4.11. The highest BCUT2D eigenvalue weighted by molar-refractivity contribution is 7.98. The van der Waals surface area contributed by atoms with Crippen molar-refractivity contribution in [3.8, 4) is 12.1 Å². The van der Waals surface area contributed by atoms with Crippen molar-refractivity contribution in [2.24, 2.45) is 0 Å². The average Bonchev–Trinajstić information content (AvgIpc) is 2.23. The zero-order valence-corrected chi connectivity index (χ0v) is 10.5. The van der Waals surface area contributed by atoms with Gasteiger partial charge in [0, 0.05) is 4.90 Å². The van der Waals surface area contributed by atoms with Gasteiger partial charge in [-0.15, -0.1) is 11.8 Å². The van der Waals surface area contributed by atoms with Crippen LogP contribution in [-0.2, 0) is 0 Å². The smallest absolute Gasteiger partial charge is 0.102 e. The van der Waals surface area contributed by atoms with E-state index in [2.05, 4.69) is 0 Å². The summed E-state index contributed by atoms with van der Waals surface area (Å²) in [6, 6.07) is 3.73. The molecule has 15 heavy (non-hydrogen) atoms. The molecule has 6 heteroatoms. The van der Waals surface area contributed by atoms with Crippen LogP contribution in [0.5, 0.6) is 0 Å². The first-order chi connectivity index (χ1) is 7.08. The number of hydrogen-bond donors (Lipinski definition) is 0. The highest BCUT2D eigenvalue weighted by Crippen LogP contribution is 2.41. The molecule has 0 bridgehead atoms. The molecule has 2 nitrogen and oxygen atoms in total. The maximum absolute atomic E-state index is 8.91. The first-order valence-corrected chi connectivity index (χ1v) is 5.99. The van der Waals surface area contributed by atoms with Crippen LogP contribution < -0.4 is 0 Å². The monoisotopic (exact) mass is 276 g/mol. The quantitative estimate of drug-likeness (QED) is 0.573. The molecule has 1 aromatic carbocycles. The maximum atomic E-state index is 8.91. The van der Waals surface area contributed by atoms with Gasteiger partial charge in [0.2, 0.25) is 0 Å². The number of nitriles is 2. The summed E-state index contributed by atoms with van der Waals surface area (Å²) in [7, 11) is 0. The lowest BCUT2D eigenvalue weighted by atomic mass is 10.1. The molecule has 0 aromatic heterocycles. The van der Waals surface area contributed by atoms with E-state index in [-0.39, 0.29) is 26.2 Å². The van der Waals surface area contributed by atoms with Gasteiger partial charge in [-0.2, -0.15) is 10.5 Å². The lowest BCUT2D eigenvalue weighted by Gasteiger charge is -2.09. The summed E-state index contributed by atoms with van der Waals surface area (Å²) in [5, 5.41) is 18.1. The van der Waals surface area contributed by atoms with Crippen LogP contribution in [0.1, 0.15) is 11.1 Å². The Balaban J connectivity index is 3.77. The van der Waals surface area contributed by atoms with E-state index in [1.165, 1.54) is 11.8 Å². The molecule has 0 aliphatic heterocycles. The van der Waals surface area contributed by atoms with Gasteiger partial charge < -0.3 is 0 Å². The van der Waals surface area contributed by atoms with E-state index in [9.17, 15) is 0 Å². The first-order valence-electron chi connectivity index (χ1n) is 3.63. The Hall–Kier alpha value is -0.580. The number of rotatable bonds is 1. The largest absolute Gasteiger partial charge is 0.192 e. The van der Waals surface area contributed by atoms with Crippen molar-refractivity contribution < 1.29 is 0 Å². The fourth-order valence-corrected chi connectivity index (χ4v) is 2.75. The molecule has 0 heterocycles. The number of hydrogen-bond acceptors (Lipinski definition) is 3. The van der Waals surface area contributed by atoms with Crippen LogP contribution in [0.15, 0.2) is 4.90 Å². The minimum atomic E-state index is 0.0395. The minimum absolute atomic E-state index is 0.0395.